The van der Waals surface area contributed by atoms with E-state index < -0.39 is 0 Å². The lowest BCUT2D eigenvalue weighted by atomic mass is 10.1. The first-order valence-corrected chi connectivity index (χ1v) is 5.53. The molecule has 1 fully saturated rings. The molecule has 1 aromatic rings. The Bertz CT molecular complexity index is 315. The molecule has 1 atom stereocenters. The molecule has 0 aliphatic carbocycles. The van der Waals surface area contributed by atoms with E-state index in [9.17, 15) is 5.11 Å². The highest BCUT2D eigenvalue weighted by Crippen LogP contribution is 2.20. The van der Waals surface area contributed by atoms with E-state index in [1.807, 2.05) is 24.3 Å². The topological polar surface area (TPSA) is 35.5 Å². The van der Waals surface area contributed by atoms with E-state index in [-0.39, 0.29) is 12.6 Å². The summed E-state index contributed by atoms with van der Waals surface area (Å²) in [5.41, 5.74) is 1.12. The molecule has 2 rings (SSSR count). The number of nitrogens with one attached hydrogen (secondary N) is 1. The summed E-state index contributed by atoms with van der Waals surface area (Å²) >= 11 is 5.84. The van der Waals surface area contributed by atoms with Gasteiger partial charge in [0.05, 0.1) is 12.6 Å². The standard InChI is InChI=1S/C11H15ClN2O/c12-9-1-3-10(4-2-9)14-6-5-13-7-11(14)8-15/h1-4,11,13,15H,5-8H2. The van der Waals surface area contributed by atoms with Crippen molar-refractivity contribution in [3.63, 3.8) is 0 Å². The molecule has 0 amide bonds. The van der Waals surface area contributed by atoms with Crippen LogP contribution >= 0.6 is 11.6 Å². The van der Waals surface area contributed by atoms with E-state index >= 15 is 0 Å². The molecule has 15 heavy (non-hydrogen) atoms. The Balaban J connectivity index is 2.16. The number of hydrogen-bond acceptors (Lipinski definition) is 3. The summed E-state index contributed by atoms with van der Waals surface area (Å²) in [6, 6.07) is 7.92. The minimum absolute atomic E-state index is 0.167. The molecule has 4 heteroatoms. The maximum atomic E-state index is 9.27. The SMILES string of the molecule is OCC1CNCCN1c1ccc(Cl)cc1. The molecule has 1 aliphatic rings. The van der Waals surface area contributed by atoms with Gasteiger partial charge in [-0.2, -0.15) is 0 Å². The van der Waals surface area contributed by atoms with Crippen molar-refractivity contribution in [2.24, 2.45) is 0 Å². The highest BCUT2D eigenvalue weighted by molar-refractivity contribution is 6.30. The Hall–Kier alpha value is -0.770. The van der Waals surface area contributed by atoms with Crippen LogP contribution in [0, 0.1) is 0 Å². The Morgan fingerprint density at radius 1 is 1.40 bits per heavy atom. The molecule has 1 saturated heterocycles. The largest absolute Gasteiger partial charge is 0.394 e. The maximum Gasteiger partial charge on any atom is 0.0647 e. The number of hydrogen-bond donors (Lipinski definition) is 2. The predicted molar refractivity (Wildman–Crippen MR) is 62.5 cm³/mol. The third kappa shape index (κ3) is 2.43. The number of piperazine rings is 1. The number of anilines is 1. The smallest absolute Gasteiger partial charge is 0.0647 e. The number of aliphatic hydroxyl groups is 1. The quantitative estimate of drug-likeness (QED) is 0.793. The van der Waals surface area contributed by atoms with Gasteiger partial charge in [-0.3, -0.25) is 0 Å². The van der Waals surface area contributed by atoms with E-state index in [1.54, 1.807) is 0 Å². The fourth-order valence-corrected chi connectivity index (χ4v) is 2.02. The van der Waals surface area contributed by atoms with Gasteiger partial charge >= 0.3 is 0 Å². The van der Waals surface area contributed by atoms with Crippen molar-refractivity contribution in [3.05, 3.63) is 29.3 Å². The minimum Gasteiger partial charge on any atom is -0.394 e. The van der Waals surface area contributed by atoms with Gasteiger partial charge in [-0.1, -0.05) is 11.6 Å². The average molecular weight is 227 g/mol. The molecule has 0 saturated carbocycles. The van der Waals surface area contributed by atoms with Crippen LogP contribution in [0.15, 0.2) is 24.3 Å². The van der Waals surface area contributed by atoms with Crippen LogP contribution in [-0.4, -0.2) is 37.4 Å². The molecular formula is C11H15ClN2O. The zero-order valence-corrected chi connectivity index (χ0v) is 9.24. The first kappa shape index (κ1) is 10.7. The van der Waals surface area contributed by atoms with E-state index in [1.165, 1.54) is 0 Å². The molecule has 82 valence electrons. The number of benzene rings is 1. The zero-order valence-electron chi connectivity index (χ0n) is 8.49. The first-order valence-electron chi connectivity index (χ1n) is 5.15. The molecule has 1 aliphatic heterocycles. The van der Waals surface area contributed by atoms with Gasteiger partial charge in [-0.25, -0.2) is 0 Å². The number of rotatable bonds is 2. The van der Waals surface area contributed by atoms with Gasteiger partial charge in [0.2, 0.25) is 0 Å². The molecule has 1 unspecified atom stereocenters. The normalized spacial score (nSPS) is 21.7. The maximum absolute atomic E-state index is 9.27. The van der Waals surface area contributed by atoms with Crippen LogP contribution in [0.4, 0.5) is 5.69 Å². The third-order valence-electron chi connectivity index (χ3n) is 2.72. The Labute approximate surface area is 94.7 Å². The van der Waals surface area contributed by atoms with Gasteiger partial charge in [0.1, 0.15) is 0 Å². The summed E-state index contributed by atoms with van der Waals surface area (Å²) in [5, 5.41) is 13.3. The number of aliphatic hydroxyl groups excluding tert-OH is 1. The van der Waals surface area contributed by atoms with Crippen molar-refractivity contribution in [2.75, 3.05) is 31.1 Å². The summed E-state index contributed by atoms with van der Waals surface area (Å²) in [6.07, 6.45) is 0. The number of nitrogens with zero attached hydrogens (tertiary/aromatic N) is 1. The fraction of sp³-hybridized carbons (Fsp3) is 0.455. The van der Waals surface area contributed by atoms with Crippen molar-refractivity contribution < 1.29 is 5.11 Å². The summed E-state index contributed by atoms with van der Waals surface area (Å²) in [7, 11) is 0. The van der Waals surface area contributed by atoms with Gasteiger partial charge in [-0.05, 0) is 24.3 Å². The lowest BCUT2D eigenvalue weighted by molar-refractivity contribution is 0.246. The molecule has 3 nitrogen and oxygen atoms in total. The zero-order chi connectivity index (χ0) is 10.7. The Morgan fingerprint density at radius 2 is 2.13 bits per heavy atom. The van der Waals surface area contributed by atoms with Gasteiger partial charge in [-0.15, -0.1) is 0 Å². The minimum atomic E-state index is 0.167. The Morgan fingerprint density at radius 3 is 2.80 bits per heavy atom. The summed E-state index contributed by atoms with van der Waals surface area (Å²) in [5.74, 6) is 0. The fourth-order valence-electron chi connectivity index (χ4n) is 1.90. The molecule has 0 aromatic heterocycles. The molecule has 1 heterocycles. The monoisotopic (exact) mass is 226 g/mol. The molecular weight excluding hydrogens is 212 g/mol. The molecule has 0 spiro atoms. The highest BCUT2D eigenvalue weighted by atomic mass is 35.5. The summed E-state index contributed by atoms with van der Waals surface area (Å²) in [6.45, 7) is 2.89. The second kappa shape index (κ2) is 4.84. The summed E-state index contributed by atoms with van der Waals surface area (Å²) in [4.78, 5) is 2.22. The van der Waals surface area contributed by atoms with Gasteiger partial charge in [0, 0.05) is 30.3 Å². The van der Waals surface area contributed by atoms with Crippen molar-refractivity contribution in [3.8, 4) is 0 Å². The van der Waals surface area contributed by atoms with Crippen molar-refractivity contribution in [1.29, 1.82) is 0 Å². The number of halogens is 1. The predicted octanol–water partition coefficient (Wildman–Crippen LogP) is 1.11. The van der Waals surface area contributed by atoms with Crippen LogP contribution in [0.2, 0.25) is 5.02 Å². The Kier molecular flexibility index (Phi) is 3.46. The molecule has 0 radical (unpaired) electrons. The van der Waals surface area contributed by atoms with Crippen LogP contribution in [-0.2, 0) is 0 Å². The van der Waals surface area contributed by atoms with Crippen molar-refractivity contribution in [1.82, 2.24) is 5.32 Å². The van der Waals surface area contributed by atoms with Crippen LogP contribution in [0.25, 0.3) is 0 Å². The highest BCUT2D eigenvalue weighted by Gasteiger charge is 2.21. The van der Waals surface area contributed by atoms with E-state index in [0.29, 0.717) is 0 Å². The van der Waals surface area contributed by atoms with Gasteiger partial charge < -0.3 is 15.3 Å². The lowest BCUT2D eigenvalue weighted by Gasteiger charge is -2.37. The van der Waals surface area contributed by atoms with E-state index in [4.69, 9.17) is 11.6 Å². The second-order valence-electron chi connectivity index (χ2n) is 3.71. The van der Waals surface area contributed by atoms with Crippen molar-refractivity contribution >= 4 is 17.3 Å². The van der Waals surface area contributed by atoms with E-state index in [2.05, 4.69) is 10.2 Å². The van der Waals surface area contributed by atoms with E-state index in [0.717, 1.165) is 30.3 Å². The molecule has 1 aromatic carbocycles. The third-order valence-corrected chi connectivity index (χ3v) is 2.97. The molecule has 2 N–H and O–H groups in total. The average Bonchev–Trinajstić information content (AvgIpc) is 2.30. The summed E-state index contributed by atoms with van der Waals surface area (Å²) < 4.78 is 0. The van der Waals surface area contributed by atoms with Crippen LogP contribution in [0.3, 0.4) is 0 Å². The first-order chi connectivity index (χ1) is 7.31. The lowest BCUT2D eigenvalue weighted by Crippen LogP contribution is -2.53. The molecule has 0 bridgehead atoms. The van der Waals surface area contributed by atoms with Crippen molar-refractivity contribution in [2.45, 2.75) is 6.04 Å². The van der Waals surface area contributed by atoms with Gasteiger partial charge in [0.25, 0.3) is 0 Å². The van der Waals surface area contributed by atoms with Crippen LogP contribution in [0.1, 0.15) is 0 Å². The van der Waals surface area contributed by atoms with Crippen LogP contribution < -0.4 is 10.2 Å². The van der Waals surface area contributed by atoms with Crippen LogP contribution in [0.5, 0.6) is 0 Å². The second-order valence-corrected chi connectivity index (χ2v) is 4.15. The van der Waals surface area contributed by atoms with Gasteiger partial charge in [0.15, 0.2) is 0 Å².